The number of aryl methyl sites for hydroxylation is 2. The van der Waals surface area contributed by atoms with E-state index in [0.29, 0.717) is 11.4 Å². The quantitative estimate of drug-likeness (QED) is 0.302. The topological polar surface area (TPSA) is 87.2 Å². The Labute approximate surface area is 202 Å². The first-order valence-electron chi connectivity index (χ1n) is 12.2. The van der Waals surface area contributed by atoms with Crippen LogP contribution < -0.4 is 5.56 Å². The summed E-state index contributed by atoms with van der Waals surface area (Å²) in [4.78, 5) is 12.9. The van der Waals surface area contributed by atoms with Crippen LogP contribution in [0.3, 0.4) is 0 Å². The van der Waals surface area contributed by atoms with E-state index in [9.17, 15) is 4.79 Å². The van der Waals surface area contributed by atoms with Crippen molar-refractivity contribution < 1.29 is 0 Å². The molecule has 0 aliphatic carbocycles. The van der Waals surface area contributed by atoms with Crippen molar-refractivity contribution in [2.24, 2.45) is 20.5 Å². The lowest BCUT2D eigenvalue weighted by atomic mass is 10.1. The number of unbranched alkanes of at least 4 members (excludes halogenated alkanes) is 2. The van der Waals surface area contributed by atoms with E-state index in [4.69, 9.17) is 0 Å². The molecule has 1 N–H and O–H groups in total. The van der Waals surface area contributed by atoms with E-state index in [-0.39, 0.29) is 11.1 Å². The van der Waals surface area contributed by atoms with E-state index in [2.05, 4.69) is 51.5 Å². The Morgan fingerprint density at radius 2 is 1.21 bits per heavy atom. The molecule has 1 aromatic heterocycles. The fourth-order valence-corrected chi connectivity index (χ4v) is 3.50. The van der Waals surface area contributed by atoms with Gasteiger partial charge in [-0.05, 0) is 88.4 Å². The van der Waals surface area contributed by atoms with Gasteiger partial charge in [-0.25, -0.2) is 4.68 Å². The number of hydrogen-bond acceptors (Lipinski definition) is 5. The summed E-state index contributed by atoms with van der Waals surface area (Å²) in [7, 11) is 0. The number of nitrogens with zero attached hydrogens (tertiary/aromatic N) is 5. The third-order valence-electron chi connectivity index (χ3n) is 5.54. The molecule has 0 aliphatic rings. The van der Waals surface area contributed by atoms with Crippen molar-refractivity contribution in [3.63, 3.8) is 0 Å². The van der Waals surface area contributed by atoms with Crippen LogP contribution in [0.4, 0.5) is 22.7 Å². The SMILES string of the molecule is CCCCc1ccc(N=Nc2ccc(N=Nc3c(CCCC)[nH]n(C(C)(C)C)c3=O)cc2)cc1. The Bertz CT molecular complexity index is 1160. The second-order valence-electron chi connectivity index (χ2n) is 9.54. The Balaban J connectivity index is 1.72. The van der Waals surface area contributed by atoms with Gasteiger partial charge >= 0.3 is 0 Å². The molecule has 34 heavy (non-hydrogen) atoms. The highest BCUT2D eigenvalue weighted by Crippen LogP contribution is 2.25. The minimum absolute atomic E-state index is 0.145. The van der Waals surface area contributed by atoms with Gasteiger partial charge in [-0.1, -0.05) is 38.8 Å². The summed E-state index contributed by atoms with van der Waals surface area (Å²) >= 11 is 0. The van der Waals surface area contributed by atoms with Crippen molar-refractivity contribution in [3.05, 3.63) is 70.1 Å². The molecule has 0 spiro atoms. The molecule has 0 unspecified atom stereocenters. The highest BCUT2D eigenvalue weighted by molar-refractivity contribution is 5.48. The van der Waals surface area contributed by atoms with Crippen LogP contribution >= 0.6 is 0 Å². The number of azo groups is 2. The summed E-state index contributed by atoms with van der Waals surface area (Å²) in [6.07, 6.45) is 6.27. The van der Waals surface area contributed by atoms with Gasteiger partial charge in [0, 0.05) is 0 Å². The third kappa shape index (κ3) is 6.83. The minimum Gasteiger partial charge on any atom is -0.297 e. The zero-order chi connectivity index (χ0) is 24.6. The van der Waals surface area contributed by atoms with E-state index in [1.54, 1.807) is 4.68 Å². The van der Waals surface area contributed by atoms with Gasteiger partial charge in [-0.3, -0.25) is 9.89 Å². The molecule has 2 aromatic carbocycles. The Morgan fingerprint density at radius 3 is 1.71 bits per heavy atom. The first kappa shape index (κ1) is 25.3. The molecule has 0 fully saturated rings. The van der Waals surface area contributed by atoms with Gasteiger partial charge in [0.05, 0.1) is 28.3 Å². The predicted octanol–water partition coefficient (Wildman–Crippen LogP) is 8.45. The molecule has 3 rings (SSSR count). The summed E-state index contributed by atoms with van der Waals surface area (Å²) in [5, 5.41) is 20.5. The van der Waals surface area contributed by atoms with E-state index in [1.807, 2.05) is 57.2 Å². The van der Waals surface area contributed by atoms with Crippen molar-refractivity contribution in [2.45, 2.75) is 78.7 Å². The molecule has 7 nitrogen and oxygen atoms in total. The van der Waals surface area contributed by atoms with Gasteiger partial charge in [0.2, 0.25) is 0 Å². The van der Waals surface area contributed by atoms with Crippen molar-refractivity contribution in [3.8, 4) is 0 Å². The Hall–Kier alpha value is -3.35. The van der Waals surface area contributed by atoms with Crippen LogP contribution in [-0.2, 0) is 18.4 Å². The second kappa shape index (κ2) is 11.7. The molecule has 0 atom stereocenters. The van der Waals surface area contributed by atoms with Crippen LogP contribution in [0, 0.1) is 0 Å². The number of aromatic nitrogens is 2. The van der Waals surface area contributed by atoms with Gasteiger partial charge in [0.15, 0.2) is 5.69 Å². The largest absolute Gasteiger partial charge is 0.297 e. The molecule has 0 amide bonds. The number of rotatable bonds is 10. The molecule has 0 bridgehead atoms. The lowest BCUT2D eigenvalue weighted by molar-refractivity contribution is 0.343. The summed E-state index contributed by atoms with van der Waals surface area (Å²) in [5.74, 6) is 0. The van der Waals surface area contributed by atoms with Gasteiger partial charge < -0.3 is 0 Å². The highest BCUT2D eigenvalue weighted by atomic mass is 16.1. The highest BCUT2D eigenvalue weighted by Gasteiger charge is 2.22. The maximum atomic E-state index is 12.9. The number of aromatic amines is 1. The fourth-order valence-electron chi connectivity index (χ4n) is 3.50. The third-order valence-corrected chi connectivity index (χ3v) is 5.54. The normalized spacial score (nSPS) is 12.3. The summed E-state index contributed by atoms with van der Waals surface area (Å²) in [6, 6.07) is 15.5. The van der Waals surface area contributed by atoms with Gasteiger partial charge in [0.1, 0.15) is 0 Å². The number of benzene rings is 2. The minimum atomic E-state index is -0.353. The summed E-state index contributed by atoms with van der Waals surface area (Å²) < 4.78 is 1.63. The zero-order valence-electron chi connectivity index (χ0n) is 21.0. The lowest BCUT2D eigenvalue weighted by Crippen LogP contribution is -2.32. The first-order chi connectivity index (χ1) is 16.3. The average Bonchev–Trinajstić information content (AvgIpc) is 3.15. The molecule has 1 heterocycles. The molecule has 0 radical (unpaired) electrons. The van der Waals surface area contributed by atoms with Gasteiger partial charge in [-0.2, -0.15) is 15.3 Å². The molecular weight excluding hydrogens is 424 g/mol. The van der Waals surface area contributed by atoms with E-state index in [0.717, 1.165) is 42.8 Å². The van der Waals surface area contributed by atoms with Crippen LogP contribution in [-0.4, -0.2) is 9.78 Å². The number of nitrogens with one attached hydrogen (secondary N) is 1. The Kier molecular flexibility index (Phi) is 8.68. The zero-order valence-corrected chi connectivity index (χ0v) is 21.0. The fraction of sp³-hybridized carbons (Fsp3) is 0.444. The maximum Gasteiger partial charge on any atom is 0.295 e. The molecule has 0 saturated carbocycles. The van der Waals surface area contributed by atoms with Crippen molar-refractivity contribution in [2.75, 3.05) is 0 Å². The van der Waals surface area contributed by atoms with Crippen LogP contribution in [0.1, 0.15) is 71.6 Å². The van der Waals surface area contributed by atoms with Crippen LogP contribution in [0.5, 0.6) is 0 Å². The first-order valence-corrected chi connectivity index (χ1v) is 12.2. The predicted molar refractivity (Wildman–Crippen MR) is 139 cm³/mol. The van der Waals surface area contributed by atoms with Gasteiger partial charge in [0.25, 0.3) is 5.56 Å². The standard InChI is InChI=1S/C27H36N6O/c1-6-8-10-20-12-14-21(15-13-20)28-29-22-16-18-23(19-17-22)30-31-25-24(11-9-7-2)32-33(26(25)34)27(3,4)5/h12-19,32H,6-11H2,1-5H3. The molecule has 0 saturated heterocycles. The number of H-pyrrole nitrogens is 1. The van der Waals surface area contributed by atoms with Crippen molar-refractivity contribution in [1.82, 2.24) is 9.78 Å². The average molecular weight is 461 g/mol. The van der Waals surface area contributed by atoms with Crippen LogP contribution in [0.25, 0.3) is 0 Å². The molecule has 3 aromatic rings. The molecule has 7 heteroatoms. The summed E-state index contributed by atoms with van der Waals surface area (Å²) in [6.45, 7) is 10.3. The molecule has 0 aliphatic heterocycles. The van der Waals surface area contributed by atoms with Crippen molar-refractivity contribution in [1.29, 1.82) is 0 Å². The molecule has 180 valence electrons. The maximum absolute atomic E-state index is 12.9. The monoisotopic (exact) mass is 460 g/mol. The van der Waals surface area contributed by atoms with Gasteiger partial charge in [-0.15, -0.1) is 5.11 Å². The smallest absolute Gasteiger partial charge is 0.295 e. The summed E-state index contributed by atoms with van der Waals surface area (Å²) in [5.41, 5.74) is 4.25. The number of hydrogen-bond donors (Lipinski definition) is 1. The van der Waals surface area contributed by atoms with Crippen LogP contribution in [0.15, 0.2) is 73.8 Å². The Morgan fingerprint density at radius 1 is 0.735 bits per heavy atom. The van der Waals surface area contributed by atoms with Crippen LogP contribution in [0.2, 0.25) is 0 Å². The lowest BCUT2D eigenvalue weighted by Gasteiger charge is -2.19. The second-order valence-corrected chi connectivity index (χ2v) is 9.54. The van der Waals surface area contributed by atoms with E-state index >= 15 is 0 Å². The van der Waals surface area contributed by atoms with Crippen molar-refractivity contribution >= 4 is 22.7 Å². The van der Waals surface area contributed by atoms with E-state index in [1.165, 1.54) is 18.4 Å². The van der Waals surface area contributed by atoms with E-state index < -0.39 is 0 Å². The molecular formula is C27H36N6O.